The Hall–Kier alpha value is -4.45. The van der Waals surface area contributed by atoms with Crippen LogP contribution >= 0.6 is 0 Å². The Bertz CT molecular complexity index is 1140. The molecule has 0 spiro atoms. The van der Waals surface area contributed by atoms with Crippen LogP contribution in [-0.4, -0.2) is 42.4 Å². The Labute approximate surface area is 185 Å². The molecule has 2 rings (SSSR count). The fraction of sp³-hybridized carbons (Fsp3) is 0.174. The third-order valence-corrected chi connectivity index (χ3v) is 4.22. The highest BCUT2D eigenvalue weighted by atomic mass is 16.5. The highest BCUT2D eigenvalue weighted by Gasteiger charge is 2.22. The van der Waals surface area contributed by atoms with Gasteiger partial charge in [0, 0.05) is 24.4 Å². The lowest BCUT2D eigenvalue weighted by Crippen LogP contribution is -2.41. The molecular formula is C23H24N6O3. The molecule has 0 radical (unpaired) electrons. The number of hydrogen-bond donors (Lipinski definition) is 6. The van der Waals surface area contributed by atoms with Gasteiger partial charge < -0.3 is 26.5 Å². The molecular weight excluding hydrogens is 408 g/mol. The van der Waals surface area contributed by atoms with Gasteiger partial charge in [-0.3, -0.25) is 15.6 Å². The van der Waals surface area contributed by atoms with E-state index in [9.17, 15) is 9.59 Å². The van der Waals surface area contributed by atoms with Crippen molar-refractivity contribution in [3.63, 3.8) is 0 Å². The molecule has 2 aromatic carbocycles. The molecule has 0 aliphatic rings. The summed E-state index contributed by atoms with van der Waals surface area (Å²) in [6.07, 6.45) is 2.14. The Morgan fingerprint density at radius 3 is 2.56 bits per heavy atom. The second kappa shape index (κ2) is 11.7. The summed E-state index contributed by atoms with van der Waals surface area (Å²) in [6.45, 7) is 1.81. The van der Waals surface area contributed by atoms with Gasteiger partial charge in [-0.15, -0.1) is 0 Å². The number of rotatable bonds is 7. The Morgan fingerprint density at radius 2 is 1.91 bits per heavy atom. The first-order valence-corrected chi connectivity index (χ1v) is 9.71. The highest BCUT2D eigenvalue weighted by Crippen LogP contribution is 2.15. The van der Waals surface area contributed by atoms with Crippen LogP contribution in [0.15, 0.2) is 54.2 Å². The van der Waals surface area contributed by atoms with Crippen LogP contribution in [-0.2, 0) is 9.53 Å². The molecule has 0 aliphatic heterocycles. The lowest BCUT2D eigenvalue weighted by Gasteiger charge is -2.15. The van der Waals surface area contributed by atoms with Crippen molar-refractivity contribution in [3.05, 3.63) is 59.8 Å². The summed E-state index contributed by atoms with van der Waals surface area (Å²) in [7, 11) is 0. The Balaban J connectivity index is 2.15. The minimum atomic E-state index is -1.00. The van der Waals surface area contributed by atoms with Crippen molar-refractivity contribution in [2.75, 3.05) is 6.61 Å². The molecule has 0 fully saturated rings. The molecule has 0 bridgehead atoms. The number of carbonyl (C=O) groups is 2. The number of amidine groups is 2. The zero-order valence-electron chi connectivity index (χ0n) is 17.5. The molecule has 9 heteroatoms. The summed E-state index contributed by atoms with van der Waals surface area (Å²) in [4.78, 5) is 25.0. The molecule has 32 heavy (non-hydrogen) atoms. The first-order valence-electron chi connectivity index (χ1n) is 9.71. The quantitative estimate of drug-likeness (QED) is 0.170. The van der Waals surface area contributed by atoms with E-state index in [2.05, 4.69) is 22.5 Å². The van der Waals surface area contributed by atoms with Crippen LogP contribution in [0.25, 0.3) is 10.8 Å². The second-order valence-electron chi connectivity index (χ2n) is 6.52. The molecule has 2 aromatic rings. The smallest absolute Gasteiger partial charge is 0.329 e. The van der Waals surface area contributed by atoms with Gasteiger partial charge in [0.25, 0.3) is 5.91 Å². The minimum Gasteiger partial charge on any atom is -0.464 e. The van der Waals surface area contributed by atoms with E-state index in [1.54, 1.807) is 19.1 Å². The standard InChI is InChI=1S/C23H24N6O3/c1-2-32-23(31)19(9-5-6-15(13-24)14-28-21(27)20(25)26)29-22(30)18-11-10-16-7-3-4-8-17(16)12-18/h3-4,7-8,10-14,19,24H,2,9H2,1H3,(H3,25,26)(H2,27,28)(H,29,30)/b15-14-,24-13?. The monoisotopic (exact) mass is 432 g/mol. The maximum atomic E-state index is 12.7. The zero-order chi connectivity index (χ0) is 23.5. The summed E-state index contributed by atoms with van der Waals surface area (Å²) in [5.41, 5.74) is 5.77. The predicted molar refractivity (Wildman–Crippen MR) is 124 cm³/mol. The van der Waals surface area contributed by atoms with Crippen molar-refractivity contribution < 1.29 is 14.3 Å². The maximum Gasteiger partial charge on any atom is 0.329 e. The summed E-state index contributed by atoms with van der Waals surface area (Å²) in [5, 5.41) is 28.9. The first-order chi connectivity index (χ1) is 15.3. The van der Waals surface area contributed by atoms with E-state index in [-0.39, 0.29) is 24.4 Å². The van der Waals surface area contributed by atoms with Crippen molar-refractivity contribution >= 4 is 40.5 Å². The van der Waals surface area contributed by atoms with E-state index in [0.29, 0.717) is 5.56 Å². The minimum absolute atomic E-state index is 0.0481. The van der Waals surface area contributed by atoms with Crippen LogP contribution in [0.3, 0.4) is 0 Å². The molecule has 164 valence electrons. The van der Waals surface area contributed by atoms with Crippen LogP contribution in [0.2, 0.25) is 0 Å². The fourth-order valence-corrected chi connectivity index (χ4v) is 2.60. The molecule has 1 amide bonds. The number of nitrogens with two attached hydrogens (primary N) is 1. The third-order valence-electron chi connectivity index (χ3n) is 4.22. The molecule has 0 heterocycles. The van der Waals surface area contributed by atoms with E-state index in [1.807, 2.05) is 30.3 Å². The lowest BCUT2D eigenvalue weighted by molar-refractivity contribution is -0.145. The van der Waals surface area contributed by atoms with E-state index in [1.165, 1.54) is 6.20 Å². The molecule has 0 saturated heterocycles. The Morgan fingerprint density at radius 1 is 1.19 bits per heavy atom. The summed E-state index contributed by atoms with van der Waals surface area (Å²) in [5.74, 6) is 3.55. The normalized spacial score (nSPS) is 11.5. The lowest BCUT2D eigenvalue weighted by atomic mass is 10.1. The summed E-state index contributed by atoms with van der Waals surface area (Å²) in [6, 6.07) is 11.9. The van der Waals surface area contributed by atoms with Gasteiger partial charge in [0.15, 0.2) is 11.7 Å². The number of nitrogens with one attached hydrogen (secondary N) is 5. The zero-order valence-corrected chi connectivity index (χ0v) is 17.5. The van der Waals surface area contributed by atoms with Gasteiger partial charge >= 0.3 is 5.97 Å². The Kier molecular flexibility index (Phi) is 8.68. The van der Waals surface area contributed by atoms with Crippen molar-refractivity contribution in [1.29, 1.82) is 16.2 Å². The number of esters is 1. The van der Waals surface area contributed by atoms with Gasteiger partial charge in [0.1, 0.15) is 6.04 Å². The number of benzene rings is 2. The van der Waals surface area contributed by atoms with Crippen LogP contribution in [0.5, 0.6) is 0 Å². The van der Waals surface area contributed by atoms with Crippen LogP contribution in [0.4, 0.5) is 0 Å². The predicted octanol–water partition coefficient (Wildman–Crippen LogP) is 1.93. The van der Waals surface area contributed by atoms with Crippen LogP contribution < -0.4 is 16.4 Å². The number of carbonyl (C=O) groups excluding carboxylic acids is 2. The van der Waals surface area contributed by atoms with Gasteiger partial charge in [0.05, 0.1) is 12.2 Å². The van der Waals surface area contributed by atoms with E-state index < -0.39 is 23.8 Å². The van der Waals surface area contributed by atoms with E-state index in [0.717, 1.165) is 17.0 Å². The molecule has 1 atom stereocenters. The average molecular weight is 432 g/mol. The first kappa shape index (κ1) is 23.8. The van der Waals surface area contributed by atoms with Crippen molar-refractivity contribution in [2.24, 2.45) is 5.73 Å². The van der Waals surface area contributed by atoms with Gasteiger partial charge in [0.2, 0.25) is 0 Å². The van der Waals surface area contributed by atoms with Crippen molar-refractivity contribution in [3.8, 4) is 11.8 Å². The van der Waals surface area contributed by atoms with Crippen LogP contribution in [0.1, 0.15) is 23.7 Å². The van der Waals surface area contributed by atoms with Gasteiger partial charge in [-0.1, -0.05) is 42.2 Å². The number of fused-ring (bicyclic) bond motifs is 1. The highest BCUT2D eigenvalue weighted by molar-refractivity contribution is 6.37. The number of hydrogen-bond acceptors (Lipinski definition) is 6. The largest absolute Gasteiger partial charge is 0.464 e. The summed E-state index contributed by atoms with van der Waals surface area (Å²) >= 11 is 0. The van der Waals surface area contributed by atoms with Crippen LogP contribution in [0, 0.1) is 28.1 Å². The average Bonchev–Trinajstić information content (AvgIpc) is 2.79. The molecule has 0 saturated carbocycles. The number of allylic oxidation sites excluding steroid dienone is 1. The topological polar surface area (TPSA) is 165 Å². The van der Waals surface area contributed by atoms with Crippen molar-refractivity contribution in [1.82, 2.24) is 10.6 Å². The molecule has 1 unspecified atom stereocenters. The SMILES string of the molecule is CCOC(=O)C(CC#C/C(C=N)=C/NC(=N)C(=N)N)NC(=O)c1ccc2ccccc2c1. The molecule has 0 aliphatic carbocycles. The van der Waals surface area contributed by atoms with Crippen molar-refractivity contribution in [2.45, 2.75) is 19.4 Å². The number of amides is 1. The van der Waals surface area contributed by atoms with E-state index >= 15 is 0 Å². The van der Waals surface area contributed by atoms with Gasteiger partial charge in [-0.2, -0.15) is 0 Å². The maximum absolute atomic E-state index is 12.7. The molecule has 7 N–H and O–H groups in total. The summed E-state index contributed by atoms with van der Waals surface area (Å²) < 4.78 is 5.04. The van der Waals surface area contributed by atoms with E-state index in [4.69, 9.17) is 26.7 Å². The molecule has 0 aromatic heterocycles. The van der Waals surface area contributed by atoms with Gasteiger partial charge in [-0.05, 0) is 29.8 Å². The molecule has 9 nitrogen and oxygen atoms in total. The third kappa shape index (κ3) is 6.81. The fourth-order valence-electron chi connectivity index (χ4n) is 2.60. The number of ether oxygens (including phenoxy) is 1. The van der Waals surface area contributed by atoms with Gasteiger partial charge in [-0.25, -0.2) is 4.79 Å². The second-order valence-corrected chi connectivity index (χ2v) is 6.52.